The molecule has 0 aromatic heterocycles. The summed E-state index contributed by atoms with van der Waals surface area (Å²) < 4.78 is 34.9. The minimum Gasteiger partial charge on any atom is -0.462 e. The molecular formula is C23H30O8S. The van der Waals surface area contributed by atoms with Gasteiger partial charge in [0.25, 0.3) is 0 Å². The largest absolute Gasteiger partial charge is 0.462 e. The SMILES string of the molecule is CCCOC(=O)c1c(S(C)(=O)=O)ccc(C(=O)C(C(=O)OC(C)(C)C)C(=O)C2CC2)c1C. The van der Waals surface area contributed by atoms with Gasteiger partial charge in [-0.1, -0.05) is 6.92 Å². The first-order chi connectivity index (χ1) is 14.7. The molecule has 1 aliphatic rings. The van der Waals surface area contributed by atoms with Crippen LogP contribution in [0.15, 0.2) is 17.0 Å². The van der Waals surface area contributed by atoms with E-state index < -0.39 is 44.9 Å². The van der Waals surface area contributed by atoms with Crippen molar-refractivity contribution in [2.45, 2.75) is 64.4 Å². The van der Waals surface area contributed by atoms with E-state index in [1.807, 2.05) is 0 Å². The van der Waals surface area contributed by atoms with Crippen molar-refractivity contribution in [3.63, 3.8) is 0 Å². The summed E-state index contributed by atoms with van der Waals surface area (Å²) in [5, 5.41) is 0. The van der Waals surface area contributed by atoms with Crippen LogP contribution >= 0.6 is 0 Å². The van der Waals surface area contributed by atoms with Gasteiger partial charge in [-0.15, -0.1) is 0 Å². The Bertz CT molecular complexity index is 1040. The van der Waals surface area contributed by atoms with Gasteiger partial charge in [0.1, 0.15) is 5.60 Å². The second kappa shape index (κ2) is 9.52. The number of hydrogen-bond acceptors (Lipinski definition) is 8. The quantitative estimate of drug-likeness (QED) is 0.309. The van der Waals surface area contributed by atoms with Crippen molar-refractivity contribution in [2.75, 3.05) is 12.9 Å². The third kappa shape index (κ3) is 6.03. The number of carbonyl (C=O) groups excluding carboxylic acids is 4. The average Bonchev–Trinajstić information content (AvgIpc) is 3.48. The molecule has 0 heterocycles. The fourth-order valence-corrected chi connectivity index (χ4v) is 4.18. The van der Waals surface area contributed by atoms with E-state index in [9.17, 15) is 27.6 Å². The van der Waals surface area contributed by atoms with Crippen molar-refractivity contribution < 1.29 is 37.1 Å². The number of esters is 2. The number of Topliss-reactive ketones (excluding diaryl/α,β-unsaturated/α-hetero) is 2. The van der Waals surface area contributed by atoms with Gasteiger partial charge in [-0.25, -0.2) is 13.2 Å². The van der Waals surface area contributed by atoms with Gasteiger partial charge >= 0.3 is 11.9 Å². The van der Waals surface area contributed by atoms with E-state index in [0.717, 1.165) is 12.3 Å². The molecule has 9 heteroatoms. The summed E-state index contributed by atoms with van der Waals surface area (Å²) in [6.45, 7) is 8.14. The minimum atomic E-state index is -3.82. The van der Waals surface area contributed by atoms with Gasteiger partial charge in [0.2, 0.25) is 0 Å². The first-order valence-corrected chi connectivity index (χ1v) is 12.4. The van der Waals surface area contributed by atoms with Gasteiger partial charge in [0.05, 0.1) is 17.1 Å². The Hall–Kier alpha value is -2.55. The number of ketones is 2. The Labute approximate surface area is 188 Å². The molecule has 8 nitrogen and oxygen atoms in total. The van der Waals surface area contributed by atoms with Crippen molar-refractivity contribution in [3.05, 3.63) is 28.8 Å². The smallest absolute Gasteiger partial charge is 0.339 e. The van der Waals surface area contributed by atoms with Crippen LogP contribution in [-0.4, -0.2) is 50.4 Å². The molecule has 0 N–H and O–H groups in total. The fourth-order valence-electron chi connectivity index (χ4n) is 3.26. The third-order valence-electron chi connectivity index (χ3n) is 4.90. The maximum Gasteiger partial charge on any atom is 0.339 e. The molecule has 0 aliphatic heterocycles. The first kappa shape index (κ1) is 25.7. The van der Waals surface area contributed by atoms with E-state index in [1.165, 1.54) is 13.0 Å². The minimum absolute atomic E-state index is 0.0381. The second-order valence-corrected chi connectivity index (χ2v) is 11.0. The normalized spacial score (nSPS) is 15.1. The van der Waals surface area contributed by atoms with Crippen LogP contribution in [0.3, 0.4) is 0 Å². The van der Waals surface area contributed by atoms with E-state index in [0.29, 0.717) is 19.3 Å². The zero-order chi connectivity index (χ0) is 24.4. The first-order valence-electron chi connectivity index (χ1n) is 10.5. The van der Waals surface area contributed by atoms with Crippen molar-refractivity contribution in [1.29, 1.82) is 0 Å². The third-order valence-corrected chi connectivity index (χ3v) is 6.04. The molecule has 1 atom stereocenters. The summed E-state index contributed by atoms with van der Waals surface area (Å²) in [6, 6.07) is 2.36. The van der Waals surface area contributed by atoms with Crippen LogP contribution in [0.1, 0.15) is 73.2 Å². The molecule has 1 fully saturated rings. The van der Waals surface area contributed by atoms with Gasteiger partial charge in [0, 0.05) is 17.7 Å². The standard InChI is InChI=1S/C23H30O8S/c1-7-12-30-21(26)17-13(2)15(10-11-16(17)32(6,28)29)20(25)18(19(24)14-8-9-14)22(27)31-23(3,4)5/h10-11,14,18H,7-9,12H2,1-6H3. The molecule has 1 saturated carbocycles. The molecule has 0 amide bonds. The van der Waals surface area contributed by atoms with Crippen molar-refractivity contribution in [2.24, 2.45) is 11.8 Å². The highest BCUT2D eigenvalue weighted by molar-refractivity contribution is 7.90. The predicted molar refractivity (Wildman–Crippen MR) is 116 cm³/mol. The van der Waals surface area contributed by atoms with Crippen LogP contribution in [-0.2, 0) is 28.9 Å². The summed E-state index contributed by atoms with van der Waals surface area (Å²) >= 11 is 0. The Morgan fingerprint density at radius 1 is 1.12 bits per heavy atom. The fraction of sp³-hybridized carbons (Fsp3) is 0.565. The Morgan fingerprint density at radius 2 is 1.72 bits per heavy atom. The molecule has 1 unspecified atom stereocenters. The van der Waals surface area contributed by atoms with Crippen molar-refractivity contribution in [1.82, 2.24) is 0 Å². The molecule has 1 aliphatic carbocycles. The van der Waals surface area contributed by atoms with E-state index >= 15 is 0 Å². The number of ether oxygens (including phenoxy) is 2. The second-order valence-electron chi connectivity index (χ2n) is 9.03. The van der Waals surface area contributed by atoms with E-state index in [2.05, 4.69) is 0 Å². The Kier molecular flexibility index (Phi) is 7.65. The van der Waals surface area contributed by atoms with Crippen molar-refractivity contribution in [3.8, 4) is 0 Å². The average molecular weight is 467 g/mol. The molecule has 0 bridgehead atoms. The van der Waals surface area contributed by atoms with Gasteiger partial charge in [-0.05, 0) is 64.7 Å². The molecule has 176 valence electrons. The van der Waals surface area contributed by atoms with Gasteiger partial charge < -0.3 is 9.47 Å². The number of carbonyl (C=O) groups is 4. The summed E-state index contributed by atoms with van der Waals surface area (Å²) in [5.74, 6) is -5.25. The van der Waals surface area contributed by atoms with Gasteiger partial charge in [0.15, 0.2) is 27.3 Å². The lowest BCUT2D eigenvalue weighted by atomic mass is 9.88. The Balaban J connectivity index is 2.60. The van der Waals surface area contributed by atoms with Gasteiger partial charge in [-0.2, -0.15) is 0 Å². The molecule has 0 spiro atoms. The van der Waals surface area contributed by atoms with Crippen LogP contribution < -0.4 is 0 Å². The monoisotopic (exact) mass is 466 g/mol. The lowest BCUT2D eigenvalue weighted by Gasteiger charge is -2.23. The molecule has 0 saturated heterocycles. The van der Waals surface area contributed by atoms with E-state index in [-0.39, 0.29) is 34.1 Å². The van der Waals surface area contributed by atoms with Crippen LogP contribution in [0.4, 0.5) is 0 Å². The predicted octanol–water partition coefficient (Wildman–Crippen LogP) is 3.09. The molecule has 1 aromatic rings. The Morgan fingerprint density at radius 3 is 2.19 bits per heavy atom. The number of sulfone groups is 1. The number of benzene rings is 1. The zero-order valence-electron chi connectivity index (χ0n) is 19.3. The van der Waals surface area contributed by atoms with Gasteiger partial charge in [-0.3, -0.25) is 14.4 Å². The highest BCUT2D eigenvalue weighted by Gasteiger charge is 2.45. The summed E-state index contributed by atoms with van der Waals surface area (Å²) in [7, 11) is -3.82. The topological polar surface area (TPSA) is 121 Å². The summed E-state index contributed by atoms with van der Waals surface area (Å²) in [6.07, 6.45) is 2.65. The maximum atomic E-state index is 13.4. The number of rotatable bonds is 9. The molecule has 32 heavy (non-hydrogen) atoms. The summed E-state index contributed by atoms with van der Waals surface area (Å²) in [5.41, 5.74) is -1.24. The van der Waals surface area contributed by atoms with E-state index in [4.69, 9.17) is 9.47 Å². The van der Waals surface area contributed by atoms with E-state index in [1.54, 1.807) is 27.7 Å². The van der Waals surface area contributed by atoms with Crippen LogP contribution in [0.5, 0.6) is 0 Å². The lowest BCUT2D eigenvalue weighted by Crippen LogP contribution is -2.38. The van der Waals surface area contributed by atoms with Crippen LogP contribution in [0, 0.1) is 18.8 Å². The zero-order valence-corrected chi connectivity index (χ0v) is 20.1. The van der Waals surface area contributed by atoms with Crippen LogP contribution in [0.25, 0.3) is 0 Å². The molecule has 1 aromatic carbocycles. The highest BCUT2D eigenvalue weighted by Crippen LogP contribution is 2.35. The molecule has 2 rings (SSSR count). The molecular weight excluding hydrogens is 436 g/mol. The number of hydrogen-bond donors (Lipinski definition) is 0. The molecule has 0 radical (unpaired) electrons. The maximum absolute atomic E-state index is 13.4. The summed E-state index contributed by atoms with van der Waals surface area (Å²) in [4.78, 5) is 51.4. The lowest BCUT2D eigenvalue weighted by molar-refractivity contribution is -0.160. The highest BCUT2D eigenvalue weighted by atomic mass is 32.2. The van der Waals surface area contributed by atoms with Crippen LogP contribution in [0.2, 0.25) is 0 Å². The van der Waals surface area contributed by atoms with Crippen molar-refractivity contribution >= 4 is 33.3 Å².